The number of carbonyl (C=O) groups excluding carboxylic acids is 1. The average molecular weight is 280 g/mol. The third-order valence-corrected chi connectivity index (χ3v) is 4.44. The van der Waals surface area contributed by atoms with Gasteiger partial charge in [0.1, 0.15) is 5.60 Å². The van der Waals surface area contributed by atoms with Crippen LogP contribution in [0, 0.1) is 0 Å². The maximum absolute atomic E-state index is 11.8. The molecule has 0 aliphatic carbocycles. The molecule has 0 fully saturated rings. The first-order valence-electron chi connectivity index (χ1n) is 6.50. The molecule has 0 aromatic rings. The van der Waals surface area contributed by atoms with Crippen LogP contribution in [-0.4, -0.2) is 27.0 Å². The molecule has 0 aliphatic rings. The first-order valence-corrected chi connectivity index (χ1v) is 8.18. The van der Waals surface area contributed by atoms with Gasteiger partial charge in [-0.05, 0) is 26.2 Å². The molecule has 0 saturated carbocycles. The van der Waals surface area contributed by atoms with Gasteiger partial charge >= 0.3 is 13.6 Å². The van der Waals surface area contributed by atoms with Crippen molar-refractivity contribution in [3.05, 3.63) is 0 Å². The quantitative estimate of drug-likeness (QED) is 0.527. The zero-order valence-electron chi connectivity index (χ0n) is 11.7. The monoisotopic (exact) mass is 280 g/mol. The summed E-state index contributed by atoms with van der Waals surface area (Å²) in [6.07, 6.45) is 3.83. The van der Waals surface area contributed by atoms with Crippen LogP contribution < -0.4 is 0 Å². The summed E-state index contributed by atoms with van der Waals surface area (Å²) >= 11 is 0. The van der Waals surface area contributed by atoms with Crippen molar-refractivity contribution in [2.24, 2.45) is 0 Å². The molecule has 1 unspecified atom stereocenters. The van der Waals surface area contributed by atoms with E-state index in [4.69, 9.17) is 14.5 Å². The third kappa shape index (κ3) is 5.09. The van der Waals surface area contributed by atoms with E-state index in [0.717, 1.165) is 25.7 Å². The van der Waals surface area contributed by atoms with Crippen molar-refractivity contribution in [2.45, 2.75) is 71.1 Å². The first kappa shape index (κ1) is 17.6. The van der Waals surface area contributed by atoms with E-state index < -0.39 is 24.8 Å². The van der Waals surface area contributed by atoms with E-state index in [1.165, 1.54) is 6.92 Å². The first-order chi connectivity index (χ1) is 8.22. The summed E-state index contributed by atoms with van der Waals surface area (Å²) in [4.78, 5) is 29.8. The topological polar surface area (TPSA) is 83.8 Å². The highest BCUT2D eigenvalue weighted by Gasteiger charge is 2.38. The lowest BCUT2D eigenvalue weighted by atomic mass is 9.89. The van der Waals surface area contributed by atoms with Crippen molar-refractivity contribution < 1.29 is 23.9 Å². The Hall–Kier alpha value is -0.380. The molecule has 18 heavy (non-hydrogen) atoms. The van der Waals surface area contributed by atoms with Gasteiger partial charge in [0.25, 0.3) is 0 Å². The van der Waals surface area contributed by atoms with Gasteiger partial charge in [-0.3, -0.25) is 9.36 Å². The molecule has 0 aromatic carbocycles. The molecule has 108 valence electrons. The van der Waals surface area contributed by atoms with Gasteiger partial charge in [0.2, 0.25) is 0 Å². The smallest absolute Gasteiger partial charge is 0.339 e. The summed E-state index contributed by atoms with van der Waals surface area (Å²) in [5.41, 5.74) is -1.97. The standard InChI is InChI=1S/C12H25O5P/c1-5-8-12(7-3,9-6-2)17-11(13)10(4)18(14,15)16/h10H,5-9H2,1-4H3,(H2,14,15,16). The predicted octanol–water partition coefficient (Wildman–Crippen LogP) is 2.84. The molecule has 0 radical (unpaired) electrons. The molecule has 0 spiro atoms. The van der Waals surface area contributed by atoms with E-state index in [1.54, 1.807) is 0 Å². The second-order valence-electron chi connectivity index (χ2n) is 4.72. The van der Waals surface area contributed by atoms with Gasteiger partial charge in [-0.15, -0.1) is 0 Å². The lowest BCUT2D eigenvalue weighted by molar-refractivity contribution is -0.161. The molecular weight excluding hydrogens is 255 g/mol. The molecule has 6 heteroatoms. The van der Waals surface area contributed by atoms with Crippen LogP contribution in [0.3, 0.4) is 0 Å². The molecule has 0 amide bonds. The Morgan fingerprint density at radius 1 is 1.22 bits per heavy atom. The molecule has 0 aliphatic heterocycles. The molecule has 1 atom stereocenters. The van der Waals surface area contributed by atoms with Crippen molar-refractivity contribution in [1.29, 1.82) is 0 Å². The minimum Gasteiger partial charge on any atom is -0.458 e. The van der Waals surface area contributed by atoms with Gasteiger partial charge in [0.05, 0.1) is 0 Å². The Kier molecular flexibility index (Phi) is 7.11. The van der Waals surface area contributed by atoms with Crippen LogP contribution in [0.4, 0.5) is 0 Å². The Morgan fingerprint density at radius 3 is 1.94 bits per heavy atom. The largest absolute Gasteiger partial charge is 0.458 e. The zero-order chi connectivity index (χ0) is 14.4. The second kappa shape index (κ2) is 7.27. The fraction of sp³-hybridized carbons (Fsp3) is 0.917. The highest BCUT2D eigenvalue weighted by molar-refractivity contribution is 7.53. The van der Waals surface area contributed by atoms with Crippen LogP contribution in [0.15, 0.2) is 0 Å². The van der Waals surface area contributed by atoms with Gasteiger partial charge in [-0.1, -0.05) is 33.6 Å². The number of esters is 1. The zero-order valence-corrected chi connectivity index (χ0v) is 12.6. The molecule has 0 rings (SSSR count). The maximum atomic E-state index is 11.8. The van der Waals surface area contributed by atoms with Gasteiger partial charge in [-0.25, -0.2) is 0 Å². The molecule has 0 bridgehead atoms. The number of carbonyl (C=O) groups is 1. The van der Waals surface area contributed by atoms with Gasteiger partial charge < -0.3 is 14.5 Å². The van der Waals surface area contributed by atoms with Crippen LogP contribution in [0.25, 0.3) is 0 Å². The van der Waals surface area contributed by atoms with Crippen molar-refractivity contribution in [3.8, 4) is 0 Å². The fourth-order valence-corrected chi connectivity index (χ4v) is 2.33. The summed E-state index contributed by atoms with van der Waals surface area (Å²) in [6.45, 7) is 7.14. The Morgan fingerprint density at radius 2 is 1.67 bits per heavy atom. The van der Waals surface area contributed by atoms with Crippen LogP contribution in [0.5, 0.6) is 0 Å². The maximum Gasteiger partial charge on any atom is 0.339 e. The van der Waals surface area contributed by atoms with Crippen molar-refractivity contribution in [2.75, 3.05) is 0 Å². The highest BCUT2D eigenvalue weighted by atomic mass is 31.2. The number of ether oxygens (including phenoxy) is 1. The van der Waals surface area contributed by atoms with Crippen molar-refractivity contribution >= 4 is 13.6 Å². The van der Waals surface area contributed by atoms with E-state index >= 15 is 0 Å². The second-order valence-corrected chi connectivity index (χ2v) is 6.68. The van der Waals surface area contributed by atoms with Crippen LogP contribution >= 0.6 is 7.60 Å². The minimum absolute atomic E-state index is 0.579. The highest BCUT2D eigenvalue weighted by Crippen LogP contribution is 2.42. The fourth-order valence-electron chi connectivity index (χ4n) is 2.00. The summed E-state index contributed by atoms with van der Waals surface area (Å²) < 4.78 is 16.5. The Balaban J connectivity index is 4.87. The van der Waals surface area contributed by atoms with Crippen LogP contribution in [-0.2, 0) is 14.1 Å². The summed E-state index contributed by atoms with van der Waals surface area (Å²) in [5, 5.41) is 0. The lowest BCUT2D eigenvalue weighted by Crippen LogP contribution is -2.37. The molecular formula is C12H25O5P. The van der Waals surface area contributed by atoms with Gasteiger partial charge in [0.15, 0.2) is 5.66 Å². The van der Waals surface area contributed by atoms with E-state index in [2.05, 4.69) is 0 Å². The SMILES string of the molecule is CCCC(CC)(CCC)OC(=O)C(C)P(=O)(O)O. The van der Waals surface area contributed by atoms with E-state index in [0.29, 0.717) is 6.42 Å². The molecule has 2 N–H and O–H groups in total. The Bertz CT molecular complexity index is 304. The summed E-state index contributed by atoms with van der Waals surface area (Å²) in [6, 6.07) is 0. The van der Waals surface area contributed by atoms with Crippen molar-refractivity contribution in [3.63, 3.8) is 0 Å². The van der Waals surface area contributed by atoms with Crippen LogP contribution in [0.1, 0.15) is 59.8 Å². The molecule has 0 saturated heterocycles. The predicted molar refractivity (Wildman–Crippen MR) is 70.4 cm³/mol. The van der Waals surface area contributed by atoms with Crippen LogP contribution in [0.2, 0.25) is 0 Å². The van der Waals surface area contributed by atoms with E-state index in [-0.39, 0.29) is 0 Å². The van der Waals surface area contributed by atoms with Crippen molar-refractivity contribution in [1.82, 2.24) is 0 Å². The summed E-state index contributed by atoms with van der Waals surface area (Å²) in [5.74, 6) is -0.799. The Labute approximate surface area is 109 Å². The number of hydrogen-bond donors (Lipinski definition) is 2. The average Bonchev–Trinajstić information content (AvgIpc) is 2.27. The van der Waals surface area contributed by atoms with Gasteiger partial charge in [-0.2, -0.15) is 0 Å². The number of hydrogen-bond acceptors (Lipinski definition) is 3. The molecule has 0 aromatic heterocycles. The third-order valence-electron chi connectivity index (χ3n) is 3.22. The van der Waals surface area contributed by atoms with Gasteiger partial charge in [0, 0.05) is 0 Å². The lowest BCUT2D eigenvalue weighted by Gasteiger charge is -2.33. The van der Waals surface area contributed by atoms with E-state index in [1.807, 2.05) is 20.8 Å². The normalized spacial score (nSPS) is 14.3. The molecule has 5 nitrogen and oxygen atoms in total. The minimum atomic E-state index is -4.42. The summed E-state index contributed by atoms with van der Waals surface area (Å²) in [7, 11) is -4.42. The number of rotatable bonds is 8. The molecule has 0 heterocycles. The van der Waals surface area contributed by atoms with E-state index in [9.17, 15) is 9.36 Å².